The summed E-state index contributed by atoms with van der Waals surface area (Å²) in [7, 11) is 3.66. The first-order chi connectivity index (χ1) is 9.90. The summed E-state index contributed by atoms with van der Waals surface area (Å²) in [4.78, 5) is 14.1. The molecule has 2 rings (SSSR count). The molecule has 1 aliphatic carbocycles. The monoisotopic (exact) mass is 352 g/mol. The second-order valence-corrected chi connectivity index (χ2v) is 7.33. The molecule has 0 fully saturated rings. The molecule has 1 N–H and O–H groups in total. The smallest absolute Gasteiger partial charge is 0.239 e. The molecule has 0 saturated carbocycles. The van der Waals surface area contributed by atoms with Crippen LogP contribution < -0.4 is 5.32 Å². The Morgan fingerprint density at radius 1 is 1.43 bits per heavy atom. The maximum Gasteiger partial charge on any atom is 0.239 e. The number of halogens is 1. The van der Waals surface area contributed by atoms with Gasteiger partial charge in [-0.3, -0.25) is 10.1 Å². The number of rotatable bonds is 5. The molecule has 0 spiro atoms. The van der Waals surface area contributed by atoms with Crippen LogP contribution in [-0.2, 0) is 11.2 Å². The van der Waals surface area contributed by atoms with Crippen molar-refractivity contribution in [2.24, 2.45) is 5.92 Å². The Kier molecular flexibility index (Phi) is 5.44. The molecule has 2 atom stereocenters. The van der Waals surface area contributed by atoms with Gasteiger partial charge in [-0.15, -0.1) is 0 Å². The number of likely N-dealkylation sites (N-methyl/N-ethyl adjacent to an activating group) is 1. The van der Waals surface area contributed by atoms with E-state index in [4.69, 9.17) is 0 Å². The summed E-state index contributed by atoms with van der Waals surface area (Å²) in [6, 6.07) is 6.53. The van der Waals surface area contributed by atoms with Crippen molar-refractivity contribution in [1.82, 2.24) is 10.2 Å². The molecule has 0 heterocycles. The van der Waals surface area contributed by atoms with E-state index in [1.165, 1.54) is 15.6 Å². The predicted octanol–water partition coefficient (Wildman–Crippen LogP) is 3.53. The summed E-state index contributed by atoms with van der Waals surface area (Å²) < 4.78 is 1.18. The number of amides is 1. The highest BCUT2D eigenvalue weighted by molar-refractivity contribution is 9.10. The van der Waals surface area contributed by atoms with E-state index in [0.29, 0.717) is 5.92 Å². The lowest BCUT2D eigenvalue weighted by atomic mass is 10.0. The summed E-state index contributed by atoms with van der Waals surface area (Å²) in [6.07, 6.45) is 3.00. The first-order valence-electron chi connectivity index (χ1n) is 7.64. The molecule has 21 heavy (non-hydrogen) atoms. The third-order valence-corrected chi connectivity index (χ3v) is 4.80. The van der Waals surface area contributed by atoms with E-state index in [9.17, 15) is 4.79 Å². The third-order valence-electron chi connectivity index (χ3n) is 4.06. The van der Waals surface area contributed by atoms with Gasteiger partial charge in [0.15, 0.2) is 0 Å². The lowest BCUT2D eigenvalue weighted by Gasteiger charge is -2.27. The van der Waals surface area contributed by atoms with Crippen molar-refractivity contribution in [2.45, 2.75) is 45.2 Å². The average Bonchev–Trinajstić information content (AvgIpc) is 2.81. The number of fused-ring (bicyclic) bond motifs is 1. The molecule has 3 nitrogen and oxygen atoms in total. The fraction of sp³-hybridized carbons (Fsp3) is 0.588. The Balaban J connectivity index is 2.16. The van der Waals surface area contributed by atoms with Gasteiger partial charge < -0.3 is 4.90 Å². The number of hydrogen-bond donors (Lipinski definition) is 1. The van der Waals surface area contributed by atoms with Crippen LogP contribution in [0.4, 0.5) is 0 Å². The lowest BCUT2D eigenvalue weighted by molar-refractivity contribution is -0.131. The molecule has 116 valence electrons. The number of benzene rings is 1. The van der Waals surface area contributed by atoms with Crippen molar-refractivity contribution >= 4 is 21.8 Å². The number of carbonyl (C=O) groups is 1. The molecule has 0 radical (unpaired) electrons. The van der Waals surface area contributed by atoms with E-state index in [-0.39, 0.29) is 18.0 Å². The highest BCUT2D eigenvalue weighted by Crippen LogP contribution is 2.36. The molecule has 0 bridgehead atoms. The zero-order valence-electron chi connectivity index (χ0n) is 13.3. The molecule has 1 aromatic rings. The standard InChI is InChI=1S/C17H25BrN2O/c1-11(2)10-16(17(21)20(3)4)19-15-9-8-12-13(15)6-5-7-14(12)18/h5-7,11,15-16,19H,8-10H2,1-4H3. The van der Waals surface area contributed by atoms with Crippen LogP contribution in [0.1, 0.15) is 43.9 Å². The molecule has 0 aliphatic heterocycles. The van der Waals surface area contributed by atoms with Gasteiger partial charge in [0, 0.05) is 24.6 Å². The van der Waals surface area contributed by atoms with Crippen LogP contribution in [0.3, 0.4) is 0 Å². The molecule has 0 aromatic heterocycles. The molecule has 2 unspecified atom stereocenters. The average molecular weight is 353 g/mol. The number of hydrogen-bond acceptors (Lipinski definition) is 2. The lowest BCUT2D eigenvalue weighted by Crippen LogP contribution is -2.45. The van der Waals surface area contributed by atoms with Crippen molar-refractivity contribution in [2.75, 3.05) is 14.1 Å². The summed E-state index contributed by atoms with van der Waals surface area (Å²) in [5.74, 6) is 0.668. The Hall–Kier alpha value is -0.870. The largest absolute Gasteiger partial charge is 0.347 e. The van der Waals surface area contributed by atoms with Crippen LogP contribution in [0.15, 0.2) is 22.7 Å². The SMILES string of the molecule is CC(C)CC(NC1CCc2c(Br)cccc21)C(=O)N(C)C. The maximum atomic E-state index is 12.4. The van der Waals surface area contributed by atoms with E-state index >= 15 is 0 Å². The molecule has 1 aromatic carbocycles. The van der Waals surface area contributed by atoms with Crippen LogP contribution in [0.25, 0.3) is 0 Å². The summed E-state index contributed by atoms with van der Waals surface area (Å²) >= 11 is 3.63. The summed E-state index contributed by atoms with van der Waals surface area (Å²) in [5.41, 5.74) is 2.72. The minimum absolute atomic E-state index is 0.102. The van der Waals surface area contributed by atoms with E-state index in [1.807, 2.05) is 14.1 Å². The van der Waals surface area contributed by atoms with Crippen LogP contribution in [0.5, 0.6) is 0 Å². The van der Waals surface area contributed by atoms with Gasteiger partial charge in [-0.25, -0.2) is 0 Å². The van der Waals surface area contributed by atoms with Crippen molar-refractivity contribution in [3.05, 3.63) is 33.8 Å². The van der Waals surface area contributed by atoms with E-state index in [2.05, 4.69) is 53.3 Å². The second kappa shape index (κ2) is 6.93. The normalized spacial score (nSPS) is 18.7. The zero-order chi connectivity index (χ0) is 15.6. The molecular weight excluding hydrogens is 328 g/mol. The Morgan fingerprint density at radius 3 is 2.76 bits per heavy atom. The van der Waals surface area contributed by atoms with Gasteiger partial charge in [-0.1, -0.05) is 41.9 Å². The first kappa shape index (κ1) is 16.5. The van der Waals surface area contributed by atoms with E-state index in [1.54, 1.807) is 4.90 Å². The van der Waals surface area contributed by atoms with E-state index < -0.39 is 0 Å². The van der Waals surface area contributed by atoms with Crippen molar-refractivity contribution in [1.29, 1.82) is 0 Å². The van der Waals surface area contributed by atoms with Crippen LogP contribution in [0, 0.1) is 5.92 Å². The van der Waals surface area contributed by atoms with Crippen LogP contribution in [0.2, 0.25) is 0 Å². The van der Waals surface area contributed by atoms with Gasteiger partial charge in [0.2, 0.25) is 5.91 Å². The molecule has 0 saturated heterocycles. The van der Waals surface area contributed by atoms with Crippen molar-refractivity contribution < 1.29 is 4.79 Å². The Bertz CT molecular complexity index is 514. The number of nitrogens with zero attached hydrogens (tertiary/aromatic N) is 1. The molecule has 1 aliphatic rings. The van der Waals surface area contributed by atoms with Gasteiger partial charge in [0.1, 0.15) is 0 Å². The van der Waals surface area contributed by atoms with E-state index in [0.717, 1.165) is 19.3 Å². The number of carbonyl (C=O) groups excluding carboxylic acids is 1. The van der Waals surface area contributed by atoms with Crippen LogP contribution in [-0.4, -0.2) is 30.9 Å². The molecular formula is C17H25BrN2O. The van der Waals surface area contributed by atoms with Crippen LogP contribution >= 0.6 is 15.9 Å². The van der Waals surface area contributed by atoms with Gasteiger partial charge >= 0.3 is 0 Å². The summed E-state index contributed by atoms with van der Waals surface area (Å²) in [5, 5.41) is 3.60. The minimum Gasteiger partial charge on any atom is -0.347 e. The highest BCUT2D eigenvalue weighted by atomic mass is 79.9. The van der Waals surface area contributed by atoms with Gasteiger partial charge in [0.05, 0.1) is 6.04 Å². The maximum absolute atomic E-state index is 12.4. The van der Waals surface area contributed by atoms with Gasteiger partial charge in [0.25, 0.3) is 0 Å². The van der Waals surface area contributed by atoms with Crippen molar-refractivity contribution in [3.8, 4) is 0 Å². The molecule has 1 amide bonds. The van der Waals surface area contributed by atoms with Gasteiger partial charge in [-0.2, -0.15) is 0 Å². The number of nitrogens with one attached hydrogen (secondary N) is 1. The zero-order valence-corrected chi connectivity index (χ0v) is 14.9. The minimum atomic E-state index is -0.102. The van der Waals surface area contributed by atoms with Gasteiger partial charge in [-0.05, 0) is 42.4 Å². The second-order valence-electron chi connectivity index (χ2n) is 6.48. The predicted molar refractivity (Wildman–Crippen MR) is 90.3 cm³/mol. The molecule has 4 heteroatoms. The quantitative estimate of drug-likeness (QED) is 0.878. The fourth-order valence-corrected chi connectivity index (χ4v) is 3.63. The Labute approximate surface area is 136 Å². The summed E-state index contributed by atoms with van der Waals surface area (Å²) in [6.45, 7) is 4.33. The fourth-order valence-electron chi connectivity index (χ4n) is 3.05. The Morgan fingerprint density at radius 2 is 2.14 bits per heavy atom. The highest BCUT2D eigenvalue weighted by Gasteiger charge is 2.29. The third kappa shape index (κ3) is 3.86. The first-order valence-corrected chi connectivity index (χ1v) is 8.44. The topological polar surface area (TPSA) is 32.3 Å². The van der Waals surface area contributed by atoms with Crippen molar-refractivity contribution in [3.63, 3.8) is 0 Å².